The smallest absolute Gasteiger partial charge is 0.267 e. The van der Waals surface area contributed by atoms with Crippen LogP contribution >= 0.6 is 34.8 Å². The van der Waals surface area contributed by atoms with Crippen LogP contribution in [0.2, 0.25) is 15.1 Å². The molecule has 0 spiro atoms. The Morgan fingerprint density at radius 3 is 2.58 bits per heavy atom. The first-order chi connectivity index (χ1) is 11.4. The molecular weight excluding hydrogens is 369 g/mol. The maximum absolute atomic E-state index is 12.2. The monoisotopic (exact) mass is 379 g/mol. The third-order valence-corrected chi connectivity index (χ3v) is 4.35. The van der Waals surface area contributed by atoms with E-state index in [2.05, 4.69) is 10.6 Å². The predicted molar refractivity (Wildman–Crippen MR) is 98.6 cm³/mol. The van der Waals surface area contributed by atoms with Gasteiger partial charge in [-0.05, 0) is 36.8 Å². The zero-order valence-corrected chi connectivity index (χ0v) is 14.8. The number of aryl methyl sites for hydroxylation is 1. The number of nitrogens with zero attached hydrogens (tertiary/aromatic N) is 1. The molecule has 1 amide bonds. The zero-order chi connectivity index (χ0) is 17.7. The first-order valence-electron chi connectivity index (χ1n) is 6.80. The number of halogens is 3. The molecule has 0 unspecified atom stereocenters. The highest BCUT2D eigenvalue weighted by molar-refractivity contribution is 6.44. The number of amides is 1. The first-order valence-corrected chi connectivity index (χ1v) is 7.94. The zero-order valence-electron chi connectivity index (χ0n) is 12.5. The Labute approximate surface area is 154 Å². The maximum Gasteiger partial charge on any atom is 0.267 e. The minimum absolute atomic E-state index is 0.122. The molecule has 2 aromatic carbocycles. The van der Waals surface area contributed by atoms with E-state index in [1.807, 2.05) is 19.1 Å². The number of carbonyl (C=O) groups excluding carboxylic acids is 1. The van der Waals surface area contributed by atoms with Crippen molar-refractivity contribution in [2.24, 2.45) is 0 Å². The molecule has 2 N–H and O–H groups in total. The van der Waals surface area contributed by atoms with Crippen molar-refractivity contribution in [3.05, 3.63) is 68.8 Å². The molecule has 7 heteroatoms. The Balaban J connectivity index is 2.15. The van der Waals surface area contributed by atoms with Crippen molar-refractivity contribution in [3.63, 3.8) is 0 Å². The molecule has 0 heterocycles. The molecule has 0 aromatic heterocycles. The molecule has 0 atom stereocenters. The van der Waals surface area contributed by atoms with Gasteiger partial charge in [0.25, 0.3) is 5.91 Å². The van der Waals surface area contributed by atoms with Crippen LogP contribution in [0.15, 0.2) is 48.2 Å². The van der Waals surface area contributed by atoms with Gasteiger partial charge in [-0.3, -0.25) is 4.79 Å². The van der Waals surface area contributed by atoms with Gasteiger partial charge in [0.2, 0.25) is 0 Å². The molecule has 0 saturated carbocycles. The van der Waals surface area contributed by atoms with Gasteiger partial charge >= 0.3 is 0 Å². The second-order valence-electron chi connectivity index (χ2n) is 4.83. The van der Waals surface area contributed by atoms with Crippen molar-refractivity contribution < 1.29 is 4.79 Å². The van der Waals surface area contributed by atoms with Crippen LogP contribution in [-0.4, -0.2) is 5.91 Å². The summed E-state index contributed by atoms with van der Waals surface area (Å²) in [5, 5.41) is 15.7. The van der Waals surface area contributed by atoms with E-state index in [0.29, 0.717) is 21.4 Å². The molecule has 0 saturated heterocycles. The molecule has 0 aliphatic carbocycles. The van der Waals surface area contributed by atoms with Gasteiger partial charge in [0.1, 0.15) is 11.6 Å². The lowest BCUT2D eigenvalue weighted by atomic mass is 10.2. The van der Waals surface area contributed by atoms with Crippen LogP contribution < -0.4 is 10.6 Å². The Hall–Kier alpha value is -2.19. The number of carbonyl (C=O) groups is 1. The lowest BCUT2D eigenvalue weighted by molar-refractivity contribution is -0.112. The third-order valence-electron chi connectivity index (χ3n) is 3.12. The second-order valence-corrected chi connectivity index (χ2v) is 6.03. The third kappa shape index (κ3) is 4.42. The summed E-state index contributed by atoms with van der Waals surface area (Å²) in [6.45, 7) is 1.88. The van der Waals surface area contributed by atoms with Crippen LogP contribution in [0.5, 0.6) is 0 Å². The van der Waals surface area contributed by atoms with E-state index in [-0.39, 0.29) is 10.6 Å². The summed E-state index contributed by atoms with van der Waals surface area (Å²) in [5.41, 5.74) is 1.79. The first kappa shape index (κ1) is 18.2. The quantitative estimate of drug-likeness (QED) is 0.550. The average Bonchev–Trinajstić information content (AvgIpc) is 2.55. The van der Waals surface area contributed by atoms with Crippen molar-refractivity contribution in [3.8, 4) is 6.07 Å². The number of hydrogen-bond donors (Lipinski definition) is 2. The van der Waals surface area contributed by atoms with E-state index in [1.54, 1.807) is 30.3 Å². The highest BCUT2D eigenvalue weighted by Crippen LogP contribution is 2.29. The molecule has 2 rings (SSSR count). The Morgan fingerprint density at radius 1 is 1.17 bits per heavy atom. The van der Waals surface area contributed by atoms with Gasteiger partial charge in [0.05, 0.1) is 15.7 Å². The average molecular weight is 381 g/mol. The van der Waals surface area contributed by atoms with Gasteiger partial charge in [0, 0.05) is 16.9 Å². The predicted octanol–water partition coefficient (Wildman–Crippen LogP) is 5.41. The number of rotatable bonds is 4. The van der Waals surface area contributed by atoms with Gasteiger partial charge < -0.3 is 10.6 Å². The van der Waals surface area contributed by atoms with Gasteiger partial charge in [-0.2, -0.15) is 5.26 Å². The van der Waals surface area contributed by atoms with Gasteiger partial charge in [-0.1, -0.05) is 46.9 Å². The highest BCUT2D eigenvalue weighted by atomic mass is 35.5. The van der Waals surface area contributed by atoms with Crippen LogP contribution in [0.25, 0.3) is 0 Å². The van der Waals surface area contributed by atoms with Crippen LogP contribution in [0.4, 0.5) is 11.4 Å². The minimum Gasteiger partial charge on any atom is -0.360 e. The van der Waals surface area contributed by atoms with Gasteiger partial charge in [0.15, 0.2) is 0 Å². The van der Waals surface area contributed by atoms with Crippen molar-refractivity contribution >= 4 is 52.1 Å². The van der Waals surface area contributed by atoms with E-state index in [0.717, 1.165) is 5.56 Å². The van der Waals surface area contributed by atoms with Crippen molar-refractivity contribution in [2.45, 2.75) is 6.92 Å². The van der Waals surface area contributed by atoms with Crippen LogP contribution in [0.3, 0.4) is 0 Å². The van der Waals surface area contributed by atoms with Crippen LogP contribution in [0, 0.1) is 18.3 Å². The molecule has 0 fully saturated rings. The molecule has 4 nitrogen and oxygen atoms in total. The summed E-state index contributed by atoms with van der Waals surface area (Å²) >= 11 is 17.9. The summed E-state index contributed by atoms with van der Waals surface area (Å²) in [6, 6.07) is 12.0. The number of nitriles is 1. The van der Waals surface area contributed by atoms with Gasteiger partial charge in [-0.15, -0.1) is 0 Å². The minimum atomic E-state index is -0.604. The summed E-state index contributed by atoms with van der Waals surface area (Å²) in [7, 11) is 0. The fraction of sp³-hybridized carbons (Fsp3) is 0.0588. The summed E-state index contributed by atoms with van der Waals surface area (Å²) < 4.78 is 0. The Bertz CT molecular complexity index is 857. The molecular formula is C17H12Cl3N3O. The normalized spacial score (nSPS) is 10.9. The highest BCUT2D eigenvalue weighted by Gasteiger charge is 2.12. The lowest BCUT2D eigenvalue weighted by Gasteiger charge is -2.08. The molecule has 24 heavy (non-hydrogen) atoms. The summed E-state index contributed by atoms with van der Waals surface area (Å²) in [6.07, 6.45) is 1.30. The number of hydrogen-bond acceptors (Lipinski definition) is 3. The van der Waals surface area contributed by atoms with Crippen molar-refractivity contribution in [1.82, 2.24) is 0 Å². The molecule has 0 bridgehead atoms. The van der Waals surface area contributed by atoms with Crippen LogP contribution in [0.1, 0.15) is 5.56 Å². The number of anilines is 2. The fourth-order valence-electron chi connectivity index (χ4n) is 1.78. The van der Waals surface area contributed by atoms with E-state index in [4.69, 9.17) is 34.8 Å². The topological polar surface area (TPSA) is 64.9 Å². The molecule has 0 aliphatic rings. The van der Waals surface area contributed by atoms with Crippen molar-refractivity contribution in [2.75, 3.05) is 10.6 Å². The van der Waals surface area contributed by atoms with E-state index < -0.39 is 5.91 Å². The largest absolute Gasteiger partial charge is 0.360 e. The maximum atomic E-state index is 12.2. The Kier molecular flexibility index (Phi) is 6.10. The standard InChI is InChI=1S/C17H12Cl3N3O/c1-10-5-6-12(7-14(10)19)22-9-11(8-21)17(24)23-15-4-2-3-13(18)16(15)20/h2-7,9,22H,1H3,(H,23,24)/b11-9-. The molecule has 0 aliphatic heterocycles. The van der Waals surface area contributed by atoms with Crippen LogP contribution in [-0.2, 0) is 4.79 Å². The van der Waals surface area contributed by atoms with E-state index in [1.165, 1.54) is 6.20 Å². The van der Waals surface area contributed by atoms with Gasteiger partial charge in [-0.25, -0.2) is 0 Å². The molecule has 122 valence electrons. The lowest BCUT2D eigenvalue weighted by Crippen LogP contribution is -2.14. The Morgan fingerprint density at radius 2 is 1.92 bits per heavy atom. The van der Waals surface area contributed by atoms with E-state index >= 15 is 0 Å². The second kappa shape index (κ2) is 8.07. The summed E-state index contributed by atoms with van der Waals surface area (Å²) in [4.78, 5) is 12.2. The molecule has 0 radical (unpaired) electrons. The number of nitrogens with one attached hydrogen (secondary N) is 2. The summed E-state index contributed by atoms with van der Waals surface area (Å²) in [5.74, 6) is -0.604. The fourth-order valence-corrected chi connectivity index (χ4v) is 2.31. The van der Waals surface area contributed by atoms with Crippen molar-refractivity contribution in [1.29, 1.82) is 5.26 Å². The SMILES string of the molecule is Cc1ccc(N/C=C(/C#N)C(=O)Nc2cccc(Cl)c2Cl)cc1Cl. The van der Waals surface area contributed by atoms with E-state index in [9.17, 15) is 10.1 Å². The number of benzene rings is 2. The molecule has 2 aromatic rings.